The molecule has 0 saturated carbocycles. The van der Waals surface area contributed by atoms with E-state index in [2.05, 4.69) is 25.9 Å². The molecule has 0 atom stereocenters. The molecule has 0 unspecified atom stereocenters. The Balaban J connectivity index is 2.64. The van der Waals surface area contributed by atoms with Crippen LogP contribution in [0.2, 0.25) is 0 Å². The van der Waals surface area contributed by atoms with Crippen molar-refractivity contribution in [2.45, 2.75) is 6.92 Å². The summed E-state index contributed by atoms with van der Waals surface area (Å²) in [6.07, 6.45) is 0. The third-order valence-electron chi connectivity index (χ3n) is 2.22. The van der Waals surface area contributed by atoms with E-state index in [1.807, 2.05) is 6.07 Å². The predicted octanol–water partition coefficient (Wildman–Crippen LogP) is 3.16. The van der Waals surface area contributed by atoms with E-state index in [0.717, 1.165) is 5.56 Å². The van der Waals surface area contributed by atoms with Crippen LogP contribution in [0.15, 0.2) is 22.8 Å². The van der Waals surface area contributed by atoms with E-state index in [4.69, 9.17) is 5.26 Å². The molecule has 80 valence electrons. The third kappa shape index (κ3) is 1.72. The van der Waals surface area contributed by atoms with E-state index in [-0.39, 0.29) is 11.5 Å². The van der Waals surface area contributed by atoms with E-state index in [1.54, 1.807) is 19.1 Å². The predicted molar refractivity (Wildman–Crippen MR) is 61.1 cm³/mol. The number of nitrogens with zero attached hydrogens (tertiary/aromatic N) is 2. The summed E-state index contributed by atoms with van der Waals surface area (Å²) in [6, 6.07) is 6.71. The second kappa shape index (κ2) is 4.06. The van der Waals surface area contributed by atoms with Gasteiger partial charge in [-0.1, -0.05) is 12.1 Å². The van der Waals surface area contributed by atoms with Crippen LogP contribution in [0.1, 0.15) is 11.3 Å². The minimum absolute atomic E-state index is 0.220. The molecule has 0 aliphatic carbocycles. The summed E-state index contributed by atoms with van der Waals surface area (Å²) < 4.78 is 14.1. The number of halogens is 2. The Morgan fingerprint density at radius 3 is 2.81 bits per heavy atom. The Morgan fingerprint density at radius 2 is 2.25 bits per heavy atom. The zero-order chi connectivity index (χ0) is 11.7. The largest absolute Gasteiger partial charge is 0.331 e. The molecule has 5 heteroatoms. The molecule has 2 aromatic rings. The molecule has 0 aliphatic rings. The number of H-pyrrole nitrogens is 1. The average molecular weight is 280 g/mol. The van der Waals surface area contributed by atoms with Crippen molar-refractivity contribution >= 4 is 15.9 Å². The number of imidazole rings is 1. The van der Waals surface area contributed by atoms with Gasteiger partial charge in [0, 0.05) is 0 Å². The lowest BCUT2D eigenvalue weighted by molar-refractivity contribution is 0.629. The molecule has 0 spiro atoms. The van der Waals surface area contributed by atoms with E-state index in [0.29, 0.717) is 16.0 Å². The molecule has 0 fully saturated rings. The molecular weight excluding hydrogens is 273 g/mol. The van der Waals surface area contributed by atoms with Crippen LogP contribution in [0.4, 0.5) is 4.39 Å². The van der Waals surface area contributed by atoms with Crippen molar-refractivity contribution < 1.29 is 4.39 Å². The topological polar surface area (TPSA) is 52.5 Å². The van der Waals surface area contributed by atoms with Gasteiger partial charge < -0.3 is 4.98 Å². The van der Waals surface area contributed by atoms with Gasteiger partial charge in [0.05, 0.1) is 5.56 Å². The molecule has 0 saturated heterocycles. The number of aryl methyl sites for hydroxylation is 1. The Hall–Kier alpha value is -1.67. The molecule has 1 heterocycles. The number of rotatable bonds is 1. The Kier molecular flexibility index (Phi) is 2.75. The molecule has 3 nitrogen and oxygen atoms in total. The van der Waals surface area contributed by atoms with Gasteiger partial charge in [-0.2, -0.15) is 5.26 Å². The van der Waals surface area contributed by atoms with Crippen LogP contribution in [0.3, 0.4) is 0 Å². The fourth-order valence-electron chi connectivity index (χ4n) is 1.48. The molecule has 0 aliphatic heterocycles. The van der Waals surface area contributed by atoms with Crippen molar-refractivity contribution in [1.29, 1.82) is 5.26 Å². The van der Waals surface area contributed by atoms with Crippen molar-refractivity contribution in [3.05, 3.63) is 39.9 Å². The molecule has 1 aromatic carbocycles. The summed E-state index contributed by atoms with van der Waals surface area (Å²) in [5.74, 6) is 0.00441. The van der Waals surface area contributed by atoms with Crippen LogP contribution in [0, 0.1) is 24.1 Å². The Morgan fingerprint density at radius 1 is 1.50 bits per heavy atom. The maximum absolute atomic E-state index is 13.6. The highest BCUT2D eigenvalue weighted by Crippen LogP contribution is 2.26. The highest BCUT2D eigenvalue weighted by Gasteiger charge is 2.14. The lowest BCUT2D eigenvalue weighted by Gasteiger charge is -2.02. The van der Waals surface area contributed by atoms with Crippen molar-refractivity contribution in [2.75, 3.05) is 0 Å². The zero-order valence-corrected chi connectivity index (χ0v) is 9.97. The van der Waals surface area contributed by atoms with E-state index in [1.165, 1.54) is 6.07 Å². The highest BCUT2D eigenvalue weighted by atomic mass is 79.9. The first kappa shape index (κ1) is 10.8. The first-order valence-electron chi connectivity index (χ1n) is 4.54. The van der Waals surface area contributed by atoms with Crippen LogP contribution in [-0.4, -0.2) is 9.97 Å². The number of hydrogen-bond acceptors (Lipinski definition) is 2. The standard InChI is InChI=1S/C11H7BrFN3/c1-6-3-2-4-7(13)9(6)11-15-8(5-14)10(12)16-11/h2-4H,1H3,(H,15,16). The minimum Gasteiger partial charge on any atom is -0.331 e. The van der Waals surface area contributed by atoms with Crippen molar-refractivity contribution in [2.24, 2.45) is 0 Å². The maximum atomic E-state index is 13.6. The van der Waals surface area contributed by atoms with Crippen LogP contribution in [0.5, 0.6) is 0 Å². The number of aromatic nitrogens is 2. The summed E-state index contributed by atoms with van der Waals surface area (Å²) in [5.41, 5.74) is 1.38. The quantitative estimate of drug-likeness (QED) is 0.872. The lowest BCUT2D eigenvalue weighted by atomic mass is 10.1. The van der Waals surface area contributed by atoms with Gasteiger partial charge in [-0.05, 0) is 34.5 Å². The molecule has 2 rings (SSSR count). The average Bonchev–Trinajstić information content (AvgIpc) is 2.59. The van der Waals surface area contributed by atoms with Crippen LogP contribution < -0.4 is 0 Å². The Bertz CT molecular complexity index is 563. The van der Waals surface area contributed by atoms with Crippen LogP contribution in [-0.2, 0) is 0 Å². The molecule has 0 radical (unpaired) electrons. The minimum atomic E-state index is -0.356. The number of hydrogen-bond donors (Lipinski definition) is 1. The summed E-state index contributed by atoms with van der Waals surface area (Å²) in [5, 5.41) is 8.76. The van der Waals surface area contributed by atoms with Gasteiger partial charge in [0.1, 0.15) is 22.3 Å². The van der Waals surface area contributed by atoms with Crippen molar-refractivity contribution in [3.8, 4) is 17.5 Å². The van der Waals surface area contributed by atoms with Gasteiger partial charge in [-0.3, -0.25) is 0 Å². The van der Waals surface area contributed by atoms with Crippen LogP contribution >= 0.6 is 15.9 Å². The summed E-state index contributed by atoms with van der Waals surface area (Å²) in [6.45, 7) is 1.79. The van der Waals surface area contributed by atoms with Crippen molar-refractivity contribution in [3.63, 3.8) is 0 Å². The first-order chi connectivity index (χ1) is 7.63. The lowest BCUT2D eigenvalue weighted by Crippen LogP contribution is -1.90. The fraction of sp³-hybridized carbons (Fsp3) is 0.0909. The number of nitrogens with one attached hydrogen (secondary N) is 1. The molecule has 0 bridgehead atoms. The second-order valence-corrected chi connectivity index (χ2v) is 4.08. The Labute approximate surface area is 100 Å². The van der Waals surface area contributed by atoms with Gasteiger partial charge in [0.2, 0.25) is 0 Å². The fourth-order valence-corrected chi connectivity index (χ4v) is 1.84. The monoisotopic (exact) mass is 279 g/mol. The van der Waals surface area contributed by atoms with Gasteiger partial charge >= 0.3 is 0 Å². The van der Waals surface area contributed by atoms with Gasteiger partial charge in [-0.25, -0.2) is 9.37 Å². The normalized spacial score (nSPS) is 10.1. The van der Waals surface area contributed by atoms with Gasteiger partial charge in [0.25, 0.3) is 0 Å². The summed E-state index contributed by atoms with van der Waals surface area (Å²) in [7, 11) is 0. The molecule has 1 aromatic heterocycles. The second-order valence-electron chi connectivity index (χ2n) is 3.29. The molecular formula is C11H7BrFN3. The molecule has 16 heavy (non-hydrogen) atoms. The van der Waals surface area contributed by atoms with E-state index < -0.39 is 0 Å². The third-order valence-corrected chi connectivity index (χ3v) is 2.80. The maximum Gasteiger partial charge on any atom is 0.173 e. The molecule has 1 N–H and O–H groups in total. The SMILES string of the molecule is Cc1cccc(F)c1-c1nc(C#N)c(Br)[nH]1. The number of nitriles is 1. The van der Waals surface area contributed by atoms with Gasteiger partial charge in [-0.15, -0.1) is 0 Å². The zero-order valence-electron chi connectivity index (χ0n) is 8.38. The highest BCUT2D eigenvalue weighted by molar-refractivity contribution is 9.10. The summed E-state index contributed by atoms with van der Waals surface area (Å²) >= 11 is 3.16. The van der Waals surface area contributed by atoms with E-state index >= 15 is 0 Å². The van der Waals surface area contributed by atoms with Crippen LogP contribution in [0.25, 0.3) is 11.4 Å². The summed E-state index contributed by atoms with van der Waals surface area (Å²) in [4.78, 5) is 6.85. The molecule has 0 amide bonds. The first-order valence-corrected chi connectivity index (χ1v) is 5.34. The van der Waals surface area contributed by atoms with Gasteiger partial charge in [0.15, 0.2) is 5.69 Å². The number of benzene rings is 1. The van der Waals surface area contributed by atoms with E-state index in [9.17, 15) is 4.39 Å². The smallest absolute Gasteiger partial charge is 0.173 e. The number of aromatic amines is 1. The van der Waals surface area contributed by atoms with Crippen molar-refractivity contribution in [1.82, 2.24) is 9.97 Å².